The fourth-order valence-electron chi connectivity index (χ4n) is 4.40. The predicted molar refractivity (Wildman–Crippen MR) is 144 cm³/mol. The van der Waals surface area contributed by atoms with Crippen LogP contribution in [0.15, 0.2) is 103 Å². The first-order chi connectivity index (χ1) is 17.8. The first kappa shape index (κ1) is 23.7. The quantitative estimate of drug-likeness (QED) is 0.289. The zero-order valence-electron chi connectivity index (χ0n) is 20.5. The maximum atomic E-state index is 6.17. The minimum absolute atomic E-state index is 0.104. The maximum absolute atomic E-state index is 6.17. The Kier molecular flexibility index (Phi) is 7.64. The van der Waals surface area contributed by atoms with E-state index in [-0.39, 0.29) is 6.04 Å². The van der Waals surface area contributed by atoms with Crippen LogP contribution in [-0.2, 0) is 19.6 Å². The second kappa shape index (κ2) is 11.6. The highest BCUT2D eigenvalue weighted by molar-refractivity contribution is 5.55. The van der Waals surface area contributed by atoms with Crippen molar-refractivity contribution in [2.24, 2.45) is 0 Å². The van der Waals surface area contributed by atoms with Crippen LogP contribution in [0.4, 0.5) is 0 Å². The third-order valence-electron chi connectivity index (χ3n) is 6.37. The lowest BCUT2D eigenvalue weighted by Crippen LogP contribution is -2.28. The monoisotopic (exact) mass is 477 g/mol. The minimum atomic E-state index is 0.104. The van der Waals surface area contributed by atoms with Crippen molar-refractivity contribution in [1.82, 2.24) is 5.32 Å². The fraction of sp³-hybridized carbons (Fsp3) is 0.188. The number of hydrogen-bond acceptors (Lipinski definition) is 4. The zero-order valence-corrected chi connectivity index (χ0v) is 20.5. The van der Waals surface area contributed by atoms with E-state index in [1.165, 1.54) is 11.1 Å². The Morgan fingerprint density at radius 1 is 0.778 bits per heavy atom. The van der Waals surface area contributed by atoms with E-state index >= 15 is 0 Å². The molecule has 1 unspecified atom stereocenters. The van der Waals surface area contributed by atoms with Crippen LogP contribution in [0.3, 0.4) is 0 Å². The maximum Gasteiger partial charge on any atom is 0.162 e. The van der Waals surface area contributed by atoms with E-state index in [2.05, 4.69) is 66.0 Å². The second-order valence-electron chi connectivity index (χ2n) is 8.86. The lowest BCUT2D eigenvalue weighted by Gasteiger charge is -2.26. The zero-order chi connectivity index (χ0) is 24.6. The van der Waals surface area contributed by atoms with Crippen molar-refractivity contribution < 1.29 is 14.2 Å². The van der Waals surface area contributed by atoms with Gasteiger partial charge in [-0.3, -0.25) is 0 Å². The molecule has 1 atom stereocenters. The van der Waals surface area contributed by atoms with Gasteiger partial charge in [0.15, 0.2) is 11.5 Å². The third kappa shape index (κ3) is 5.96. The summed E-state index contributed by atoms with van der Waals surface area (Å²) in [6, 6.07) is 33.0. The van der Waals surface area contributed by atoms with Gasteiger partial charge < -0.3 is 19.5 Å². The largest absolute Gasteiger partial charge is 0.493 e. The third-order valence-corrected chi connectivity index (χ3v) is 6.37. The van der Waals surface area contributed by atoms with Crippen molar-refractivity contribution in [3.05, 3.63) is 131 Å². The number of hydrogen-bond donors (Lipinski definition) is 1. The number of ether oxygens (including phenoxy) is 3. The lowest BCUT2D eigenvalue weighted by atomic mass is 9.93. The number of fused-ring (bicyclic) bond motifs is 1. The molecule has 0 amide bonds. The van der Waals surface area contributed by atoms with Crippen LogP contribution in [0.1, 0.15) is 33.9 Å². The highest BCUT2D eigenvalue weighted by Gasteiger charge is 2.21. The van der Waals surface area contributed by atoms with Gasteiger partial charge in [-0.05, 0) is 58.5 Å². The normalized spacial score (nSPS) is 14.9. The molecule has 0 saturated heterocycles. The van der Waals surface area contributed by atoms with Gasteiger partial charge in [-0.15, -0.1) is 0 Å². The van der Waals surface area contributed by atoms with E-state index in [9.17, 15) is 0 Å². The SMILES string of the molecule is COc1cc2c(cc1OCc1ccccc1)C(/C=C/c1ccc(OCc3ccccc3)cc1)NCC2. The molecule has 0 bridgehead atoms. The Hall–Kier alpha value is -4.02. The minimum Gasteiger partial charge on any atom is -0.493 e. The van der Waals surface area contributed by atoms with E-state index in [0.717, 1.165) is 46.9 Å². The van der Waals surface area contributed by atoms with E-state index < -0.39 is 0 Å². The van der Waals surface area contributed by atoms with Crippen molar-refractivity contribution >= 4 is 6.08 Å². The molecule has 4 heteroatoms. The Morgan fingerprint density at radius 3 is 2.11 bits per heavy atom. The van der Waals surface area contributed by atoms with E-state index in [4.69, 9.17) is 14.2 Å². The van der Waals surface area contributed by atoms with Crippen molar-refractivity contribution in [3.8, 4) is 17.2 Å². The molecule has 4 nitrogen and oxygen atoms in total. The Morgan fingerprint density at radius 2 is 1.44 bits per heavy atom. The topological polar surface area (TPSA) is 39.7 Å². The molecule has 0 radical (unpaired) electrons. The van der Waals surface area contributed by atoms with Crippen LogP contribution in [0.2, 0.25) is 0 Å². The second-order valence-corrected chi connectivity index (χ2v) is 8.86. The van der Waals surface area contributed by atoms with Crippen molar-refractivity contribution in [2.45, 2.75) is 25.7 Å². The van der Waals surface area contributed by atoms with Gasteiger partial charge in [0.2, 0.25) is 0 Å². The Balaban J connectivity index is 1.27. The predicted octanol–water partition coefficient (Wildman–Crippen LogP) is 6.75. The molecule has 0 aromatic heterocycles. The highest BCUT2D eigenvalue weighted by atomic mass is 16.5. The lowest BCUT2D eigenvalue weighted by molar-refractivity contribution is 0.283. The van der Waals surface area contributed by atoms with Crippen LogP contribution >= 0.6 is 0 Å². The van der Waals surface area contributed by atoms with Crippen molar-refractivity contribution in [3.63, 3.8) is 0 Å². The molecule has 1 aliphatic rings. The standard InChI is InChI=1S/C32H31NO3/c1-34-31-20-27-18-19-33-30(29(27)21-32(31)36-23-26-10-6-3-7-11-26)17-14-24-12-15-28(16-13-24)35-22-25-8-4-2-5-9-25/h2-17,20-21,30,33H,18-19,22-23H2,1H3/b17-14+. The summed E-state index contributed by atoms with van der Waals surface area (Å²) in [6.07, 6.45) is 5.33. The summed E-state index contributed by atoms with van der Waals surface area (Å²) in [5, 5.41) is 3.63. The van der Waals surface area contributed by atoms with Crippen molar-refractivity contribution in [2.75, 3.05) is 13.7 Å². The highest BCUT2D eigenvalue weighted by Crippen LogP contribution is 2.36. The first-order valence-corrected chi connectivity index (χ1v) is 12.3. The number of methoxy groups -OCH3 is 1. The summed E-state index contributed by atoms with van der Waals surface area (Å²) in [6.45, 7) is 1.99. The molecule has 4 aromatic carbocycles. The van der Waals surface area contributed by atoms with Gasteiger partial charge in [-0.25, -0.2) is 0 Å². The van der Waals surface area contributed by atoms with E-state index in [1.54, 1.807) is 7.11 Å². The molecule has 0 spiro atoms. The van der Waals surface area contributed by atoms with Crippen LogP contribution in [0.25, 0.3) is 6.08 Å². The molecule has 1 aliphatic heterocycles. The summed E-state index contributed by atoms with van der Waals surface area (Å²) >= 11 is 0. The van der Waals surface area contributed by atoms with E-state index in [1.807, 2.05) is 48.5 Å². The number of nitrogens with one attached hydrogen (secondary N) is 1. The molecule has 1 heterocycles. The number of rotatable bonds is 9. The van der Waals surface area contributed by atoms with Crippen LogP contribution in [0.5, 0.6) is 17.2 Å². The van der Waals surface area contributed by atoms with Crippen molar-refractivity contribution in [1.29, 1.82) is 0 Å². The summed E-state index contributed by atoms with van der Waals surface area (Å²) in [4.78, 5) is 0. The molecule has 4 aromatic rings. The van der Waals surface area contributed by atoms with Crippen LogP contribution < -0.4 is 19.5 Å². The molecule has 5 rings (SSSR count). The molecule has 1 N–H and O–H groups in total. The molecule has 182 valence electrons. The molecule has 0 saturated carbocycles. The Bertz CT molecular complexity index is 1280. The van der Waals surface area contributed by atoms with Gasteiger partial charge >= 0.3 is 0 Å². The first-order valence-electron chi connectivity index (χ1n) is 12.3. The van der Waals surface area contributed by atoms with Crippen LogP contribution in [-0.4, -0.2) is 13.7 Å². The summed E-state index contributed by atoms with van der Waals surface area (Å²) in [5.74, 6) is 2.41. The van der Waals surface area contributed by atoms with Gasteiger partial charge in [-0.1, -0.05) is 84.9 Å². The van der Waals surface area contributed by atoms with E-state index in [0.29, 0.717) is 13.2 Å². The summed E-state index contributed by atoms with van der Waals surface area (Å²) in [7, 11) is 1.70. The van der Waals surface area contributed by atoms with Gasteiger partial charge in [0.25, 0.3) is 0 Å². The van der Waals surface area contributed by atoms with Gasteiger partial charge in [0, 0.05) is 6.54 Å². The van der Waals surface area contributed by atoms with Crippen LogP contribution in [0, 0.1) is 0 Å². The molecular formula is C32H31NO3. The Labute approximate surface area is 213 Å². The molecular weight excluding hydrogens is 446 g/mol. The summed E-state index contributed by atoms with van der Waals surface area (Å²) in [5.41, 5.74) is 5.93. The summed E-state index contributed by atoms with van der Waals surface area (Å²) < 4.78 is 17.7. The van der Waals surface area contributed by atoms with Gasteiger partial charge in [0.1, 0.15) is 19.0 Å². The van der Waals surface area contributed by atoms with Gasteiger partial charge in [0.05, 0.1) is 13.2 Å². The molecule has 36 heavy (non-hydrogen) atoms. The fourth-order valence-corrected chi connectivity index (χ4v) is 4.40. The molecule has 0 aliphatic carbocycles. The molecule has 0 fully saturated rings. The average molecular weight is 478 g/mol. The average Bonchev–Trinajstić information content (AvgIpc) is 2.95. The smallest absolute Gasteiger partial charge is 0.162 e. The van der Waals surface area contributed by atoms with Gasteiger partial charge in [-0.2, -0.15) is 0 Å². The number of benzene rings is 4.